The topological polar surface area (TPSA) is 101 Å². The Kier molecular flexibility index (Phi) is 5.00. The number of fused-ring (bicyclic) bond motifs is 1. The van der Waals surface area contributed by atoms with E-state index in [-0.39, 0.29) is 17.6 Å². The van der Waals surface area contributed by atoms with Crippen LogP contribution < -0.4 is 11.1 Å². The standard InChI is InChI=1S/C13H16N4O2S/c14-11(18)8-20-6-5-13(19)15-7-12-16-9-3-1-2-4-10(9)17-12/h1-4H,5-8H2,(H2,14,18)(H,15,19)(H,16,17). The normalized spacial score (nSPS) is 10.6. The predicted molar refractivity (Wildman–Crippen MR) is 79.1 cm³/mol. The van der Waals surface area contributed by atoms with Gasteiger partial charge in [0.2, 0.25) is 11.8 Å². The smallest absolute Gasteiger partial charge is 0.227 e. The lowest BCUT2D eigenvalue weighted by molar-refractivity contribution is -0.121. The van der Waals surface area contributed by atoms with E-state index in [0.29, 0.717) is 18.7 Å². The minimum atomic E-state index is -0.363. The molecule has 0 radical (unpaired) electrons. The number of para-hydroxylation sites is 2. The number of H-pyrrole nitrogens is 1. The molecular formula is C13H16N4O2S. The molecule has 0 aliphatic heterocycles. The summed E-state index contributed by atoms with van der Waals surface area (Å²) in [7, 11) is 0. The van der Waals surface area contributed by atoms with Crippen molar-refractivity contribution in [2.24, 2.45) is 5.73 Å². The van der Waals surface area contributed by atoms with E-state index in [4.69, 9.17) is 5.73 Å². The van der Waals surface area contributed by atoms with E-state index >= 15 is 0 Å². The number of benzene rings is 1. The Morgan fingerprint density at radius 1 is 1.35 bits per heavy atom. The third-order valence-electron chi connectivity index (χ3n) is 2.61. The number of nitrogens with two attached hydrogens (primary N) is 1. The highest BCUT2D eigenvalue weighted by atomic mass is 32.2. The molecule has 0 saturated carbocycles. The summed E-state index contributed by atoms with van der Waals surface area (Å²) in [5.41, 5.74) is 6.84. The molecule has 0 unspecified atom stereocenters. The summed E-state index contributed by atoms with van der Waals surface area (Å²) < 4.78 is 0. The number of carbonyl (C=O) groups excluding carboxylic acids is 2. The summed E-state index contributed by atoms with van der Waals surface area (Å²) in [5, 5.41) is 2.79. The fourth-order valence-electron chi connectivity index (χ4n) is 1.70. The second kappa shape index (κ2) is 6.95. The van der Waals surface area contributed by atoms with Gasteiger partial charge >= 0.3 is 0 Å². The van der Waals surface area contributed by atoms with Crippen molar-refractivity contribution in [3.63, 3.8) is 0 Å². The van der Waals surface area contributed by atoms with Crippen LogP contribution in [0.5, 0.6) is 0 Å². The maximum absolute atomic E-state index is 11.6. The number of hydrogen-bond donors (Lipinski definition) is 3. The van der Waals surface area contributed by atoms with Crippen molar-refractivity contribution in [1.29, 1.82) is 0 Å². The molecule has 0 aliphatic carbocycles. The molecule has 0 aliphatic rings. The van der Waals surface area contributed by atoms with Gasteiger partial charge in [0.15, 0.2) is 0 Å². The molecule has 7 heteroatoms. The molecule has 106 valence electrons. The van der Waals surface area contributed by atoms with E-state index in [1.165, 1.54) is 11.8 Å². The van der Waals surface area contributed by atoms with Crippen LogP contribution in [0.3, 0.4) is 0 Å². The Morgan fingerprint density at radius 3 is 2.90 bits per heavy atom. The van der Waals surface area contributed by atoms with Crippen LogP contribution in [0.2, 0.25) is 0 Å². The van der Waals surface area contributed by atoms with Crippen molar-refractivity contribution >= 4 is 34.6 Å². The van der Waals surface area contributed by atoms with Crippen molar-refractivity contribution in [1.82, 2.24) is 15.3 Å². The van der Waals surface area contributed by atoms with Gasteiger partial charge in [0, 0.05) is 12.2 Å². The number of carbonyl (C=O) groups is 2. The number of nitrogens with zero attached hydrogens (tertiary/aromatic N) is 1. The SMILES string of the molecule is NC(=O)CSCCC(=O)NCc1nc2ccccc2[nH]1. The van der Waals surface area contributed by atoms with Crippen molar-refractivity contribution < 1.29 is 9.59 Å². The number of imidazole rings is 1. The van der Waals surface area contributed by atoms with Crippen LogP contribution in [0.1, 0.15) is 12.2 Å². The minimum absolute atomic E-state index is 0.0672. The summed E-state index contributed by atoms with van der Waals surface area (Å²) in [6.45, 7) is 0.369. The number of thioether (sulfide) groups is 1. The lowest BCUT2D eigenvalue weighted by Gasteiger charge is -2.02. The number of aromatic nitrogens is 2. The van der Waals surface area contributed by atoms with E-state index in [0.717, 1.165) is 16.9 Å². The third-order valence-corrected chi connectivity index (χ3v) is 3.59. The van der Waals surface area contributed by atoms with Crippen LogP contribution in [0.25, 0.3) is 11.0 Å². The molecular weight excluding hydrogens is 276 g/mol. The number of amides is 2. The number of primary amides is 1. The van der Waals surface area contributed by atoms with Gasteiger partial charge in [-0.3, -0.25) is 9.59 Å². The molecule has 1 aromatic carbocycles. The molecule has 0 bridgehead atoms. The van der Waals surface area contributed by atoms with Crippen LogP contribution in [0, 0.1) is 0 Å². The van der Waals surface area contributed by atoms with Crippen LogP contribution in [-0.4, -0.2) is 33.3 Å². The molecule has 4 N–H and O–H groups in total. The number of hydrogen-bond acceptors (Lipinski definition) is 4. The molecule has 1 aromatic heterocycles. The van der Waals surface area contributed by atoms with Crippen molar-refractivity contribution in [2.75, 3.05) is 11.5 Å². The van der Waals surface area contributed by atoms with Gasteiger partial charge in [-0.15, -0.1) is 0 Å². The first-order chi connectivity index (χ1) is 9.65. The van der Waals surface area contributed by atoms with Crippen LogP contribution in [0.4, 0.5) is 0 Å². The zero-order valence-corrected chi connectivity index (χ0v) is 11.7. The summed E-state index contributed by atoms with van der Waals surface area (Å²) in [4.78, 5) is 29.6. The van der Waals surface area contributed by atoms with Gasteiger partial charge in [0.1, 0.15) is 5.82 Å². The van der Waals surface area contributed by atoms with Gasteiger partial charge in [-0.05, 0) is 12.1 Å². The average molecular weight is 292 g/mol. The first-order valence-corrected chi connectivity index (χ1v) is 7.37. The Hall–Kier alpha value is -2.02. The summed E-state index contributed by atoms with van der Waals surface area (Å²) in [6, 6.07) is 7.70. The number of rotatable bonds is 7. The Labute approximate surface area is 120 Å². The quantitative estimate of drug-likeness (QED) is 0.657. The summed E-state index contributed by atoms with van der Waals surface area (Å²) in [6.07, 6.45) is 0.359. The van der Waals surface area contributed by atoms with E-state index in [1.807, 2.05) is 24.3 Å². The Morgan fingerprint density at radius 2 is 2.15 bits per heavy atom. The van der Waals surface area contributed by atoms with Gasteiger partial charge in [0.05, 0.1) is 23.3 Å². The van der Waals surface area contributed by atoms with Gasteiger partial charge in [-0.2, -0.15) is 11.8 Å². The largest absolute Gasteiger partial charge is 0.369 e. The first-order valence-electron chi connectivity index (χ1n) is 6.21. The molecule has 1 heterocycles. The van der Waals surface area contributed by atoms with Crippen molar-refractivity contribution in [2.45, 2.75) is 13.0 Å². The van der Waals surface area contributed by atoms with Gasteiger partial charge in [-0.25, -0.2) is 4.98 Å². The van der Waals surface area contributed by atoms with Crippen LogP contribution >= 0.6 is 11.8 Å². The highest BCUT2D eigenvalue weighted by Gasteiger charge is 2.05. The van der Waals surface area contributed by atoms with Gasteiger partial charge in [-0.1, -0.05) is 12.1 Å². The maximum atomic E-state index is 11.6. The molecule has 0 fully saturated rings. The van der Waals surface area contributed by atoms with E-state index in [1.54, 1.807) is 0 Å². The summed E-state index contributed by atoms with van der Waals surface area (Å²) >= 11 is 1.36. The third kappa shape index (κ3) is 4.27. The number of aromatic amines is 1. The van der Waals surface area contributed by atoms with Crippen LogP contribution in [0.15, 0.2) is 24.3 Å². The monoisotopic (exact) mass is 292 g/mol. The Bertz CT molecular complexity index is 578. The maximum Gasteiger partial charge on any atom is 0.227 e. The molecule has 2 aromatic rings. The van der Waals surface area contributed by atoms with Crippen LogP contribution in [-0.2, 0) is 16.1 Å². The molecule has 0 spiro atoms. The fourth-order valence-corrected chi connectivity index (χ4v) is 2.37. The first kappa shape index (κ1) is 14.4. The molecule has 20 heavy (non-hydrogen) atoms. The minimum Gasteiger partial charge on any atom is -0.369 e. The molecule has 0 atom stereocenters. The highest BCUT2D eigenvalue weighted by Crippen LogP contribution is 2.10. The van der Waals surface area contributed by atoms with E-state index in [2.05, 4.69) is 15.3 Å². The number of nitrogens with one attached hydrogen (secondary N) is 2. The lowest BCUT2D eigenvalue weighted by atomic mass is 10.3. The van der Waals surface area contributed by atoms with E-state index < -0.39 is 0 Å². The zero-order chi connectivity index (χ0) is 14.4. The fraction of sp³-hybridized carbons (Fsp3) is 0.308. The predicted octanol–water partition coefficient (Wildman–Crippen LogP) is 0.788. The molecule has 6 nitrogen and oxygen atoms in total. The molecule has 0 saturated heterocycles. The second-order valence-corrected chi connectivity index (χ2v) is 5.35. The second-order valence-electron chi connectivity index (χ2n) is 4.25. The highest BCUT2D eigenvalue weighted by molar-refractivity contribution is 7.99. The van der Waals surface area contributed by atoms with Gasteiger partial charge < -0.3 is 16.0 Å². The van der Waals surface area contributed by atoms with E-state index in [9.17, 15) is 9.59 Å². The lowest BCUT2D eigenvalue weighted by Crippen LogP contribution is -2.24. The molecule has 2 rings (SSSR count). The van der Waals surface area contributed by atoms with Gasteiger partial charge in [0.25, 0.3) is 0 Å². The average Bonchev–Trinajstić information content (AvgIpc) is 2.84. The molecule has 2 amide bonds. The van der Waals surface area contributed by atoms with Crippen molar-refractivity contribution in [3.8, 4) is 0 Å². The Balaban J connectivity index is 1.74. The van der Waals surface area contributed by atoms with Crippen molar-refractivity contribution in [3.05, 3.63) is 30.1 Å². The zero-order valence-electron chi connectivity index (χ0n) is 10.9. The summed E-state index contributed by atoms with van der Waals surface area (Å²) in [5.74, 6) is 1.12.